The molecule has 3 nitrogen and oxygen atoms in total. The highest BCUT2D eigenvalue weighted by atomic mass is 35.5. The molecule has 2 aromatic rings. The number of nitrogens with zero attached hydrogens (tertiary/aromatic N) is 1. The summed E-state index contributed by atoms with van der Waals surface area (Å²) in [5.74, 6) is 1.01. The lowest BCUT2D eigenvalue weighted by Gasteiger charge is -2.10. The second-order valence-electron chi connectivity index (χ2n) is 4.33. The van der Waals surface area contributed by atoms with E-state index in [2.05, 4.69) is 17.2 Å². The van der Waals surface area contributed by atoms with Crippen LogP contribution in [0, 0.1) is 6.92 Å². The first-order valence-corrected chi connectivity index (χ1v) is 7.16. The summed E-state index contributed by atoms with van der Waals surface area (Å²) in [7, 11) is 0. The molecule has 2 rings (SSSR count). The number of aryl methyl sites for hydroxylation is 1. The Kier molecular flexibility index (Phi) is 5.24. The summed E-state index contributed by atoms with van der Waals surface area (Å²) in [4.78, 5) is 4.43. The van der Waals surface area contributed by atoms with Gasteiger partial charge in [-0.15, -0.1) is 0 Å². The van der Waals surface area contributed by atoms with Crippen LogP contribution in [0.5, 0.6) is 11.6 Å². The average molecular weight is 311 g/mol. The Balaban J connectivity index is 2.18. The molecule has 5 heteroatoms. The zero-order valence-electron chi connectivity index (χ0n) is 11.4. The van der Waals surface area contributed by atoms with Crippen LogP contribution < -0.4 is 10.1 Å². The van der Waals surface area contributed by atoms with Gasteiger partial charge in [-0.25, -0.2) is 4.98 Å². The van der Waals surface area contributed by atoms with E-state index in [0.29, 0.717) is 21.7 Å². The van der Waals surface area contributed by atoms with Gasteiger partial charge in [-0.2, -0.15) is 0 Å². The van der Waals surface area contributed by atoms with Crippen LogP contribution in [0.3, 0.4) is 0 Å². The molecular weight excluding hydrogens is 295 g/mol. The first-order valence-electron chi connectivity index (χ1n) is 6.41. The SMILES string of the molecule is CCNCc1ccc(Oc2cccc(Cl)c2Cl)nc1C. The second-order valence-corrected chi connectivity index (χ2v) is 5.11. The molecule has 0 bridgehead atoms. The highest BCUT2D eigenvalue weighted by Crippen LogP contribution is 2.34. The summed E-state index contributed by atoms with van der Waals surface area (Å²) in [5.41, 5.74) is 2.08. The number of hydrogen-bond acceptors (Lipinski definition) is 3. The van der Waals surface area contributed by atoms with Crippen molar-refractivity contribution in [1.29, 1.82) is 0 Å². The summed E-state index contributed by atoms with van der Waals surface area (Å²) < 4.78 is 5.68. The van der Waals surface area contributed by atoms with Crippen LogP contribution in [-0.4, -0.2) is 11.5 Å². The highest BCUT2D eigenvalue weighted by molar-refractivity contribution is 6.42. The summed E-state index contributed by atoms with van der Waals surface area (Å²) in [6.45, 7) is 5.75. The van der Waals surface area contributed by atoms with E-state index in [4.69, 9.17) is 27.9 Å². The van der Waals surface area contributed by atoms with E-state index in [1.165, 1.54) is 0 Å². The van der Waals surface area contributed by atoms with Crippen LogP contribution >= 0.6 is 23.2 Å². The van der Waals surface area contributed by atoms with Gasteiger partial charge in [-0.05, 0) is 31.2 Å². The smallest absolute Gasteiger partial charge is 0.219 e. The summed E-state index contributed by atoms with van der Waals surface area (Å²) in [6.07, 6.45) is 0. The molecule has 1 aromatic carbocycles. The van der Waals surface area contributed by atoms with Crippen molar-refractivity contribution in [3.05, 3.63) is 51.6 Å². The van der Waals surface area contributed by atoms with Gasteiger partial charge >= 0.3 is 0 Å². The number of aromatic nitrogens is 1. The minimum absolute atomic E-state index is 0.394. The lowest BCUT2D eigenvalue weighted by atomic mass is 10.2. The predicted molar refractivity (Wildman–Crippen MR) is 82.9 cm³/mol. The number of hydrogen-bond donors (Lipinski definition) is 1. The largest absolute Gasteiger partial charge is 0.437 e. The van der Waals surface area contributed by atoms with Crippen molar-refractivity contribution < 1.29 is 4.74 Å². The summed E-state index contributed by atoms with van der Waals surface area (Å²) >= 11 is 12.0. The fourth-order valence-electron chi connectivity index (χ4n) is 1.75. The molecule has 1 N–H and O–H groups in total. The molecule has 0 unspecified atom stereocenters. The number of halogens is 2. The van der Waals surface area contributed by atoms with Gasteiger partial charge in [0, 0.05) is 18.3 Å². The van der Waals surface area contributed by atoms with E-state index in [-0.39, 0.29) is 0 Å². The number of nitrogens with one attached hydrogen (secondary N) is 1. The zero-order valence-corrected chi connectivity index (χ0v) is 12.9. The van der Waals surface area contributed by atoms with Crippen LogP contribution in [0.1, 0.15) is 18.2 Å². The minimum Gasteiger partial charge on any atom is -0.437 e. The molecule has 0 spiro atoms. The Labute approximate surface area is 128 Å². The van der Waals surface area contributed by atoms with Crippen LogP contribution in [-0.2, 0) is 6.54 Å². The maximum absolute atomic E-state index is 6.09. The normalized spacial score (nSPS) is 10.6. The van der Waals surface area contributed by atoms with Gasteiger partial charge in [-0.1, -0.05) is 42.3 Å². The van der Waals surface area contributed by atoms with E-state index in [9.17, 15) is 0 Å². The second kappa shape index (κ2) is 6.93. The standard InChI is InChI=1S/C15H16Cl2N2O/c1-3-18-9-11-7-8-14(19-10(11)2)20-13-6-4-5-12(16)15(13)17/h4-8,18H,3,9H2,1-2H3. The van der Waals surface area contributed by atoms with Crippen LogP contribution in [0.2, 0.25) is 10.0 Å². The lowest BCUT2D eigenvalue weighted by molar-refractivity contribution is 0.461. The monoisotopic (exact) mass is 310 g/mol. The molecule has 106 valence electrons. The molecule has 0 saturated heterocycles. The Hall–Kier alpha value is -1.29. The van der Waals surface area contributed by atoms with Gasteiger partial charge in [-0.3, -0.25) is 0 Å². The van der Waals surface area contributed by atoms with Crippen molar-refractivity contribution in [2.75, 3.05) is 6.54 Å². The summed E-state index contributed by atoms with van der Waals surface area (Å²) in [5, 5.41) is 4.13. The molecule has 0 aliphatic rings. The van der Waals surface area contributed by atoms with Crippen molar-refractivity contribution in [3.8, 4) is 11.6 Å². The van der Waals surface area contributed by atoms with E-state index in [0.717, 1.165) is 24.3 Å². The third-order valence-electron chi connectivity index (χ3n) is 2.87. The molecule has 0 atom stereocenters. The Morgan fingerprint density at radius 2 is 2.00 bits per heavy atom. The molecule has 0 aliphatic carbocycles. The number of benzene rings is 1. The molecule has 0 amide bonds. The van der Waals surface area contributed by atoms with Gasteiger partial charge < -0.3 is 10.1 Å². The third-order valence-corrected chi connectivity index (χ3v) is 3.67. The molecule has 1 aromatic heterocycles. The maximum atomic E-state index is 6.09. The molecule has 0 fully saturated rings. The third kappa shape index (κ3) is 3.63. The molecule has 0 radical (unpaired) electrons. The van der Waals surface area contributed by atoms with Crippen LogP contribution in [0.4, 0.5) is 0 Å². The maximum Gasteiger partial charge on any atom is 0.219 e. The van der Waals surface area contributed by atoms with Gasteiger partial charge in [0.15, 0.2) is 0 Å². The van der Waals surface area contributed by atoms with Gasteiger partial charge in [0.2, 0.25) is 5.88 Å². The Morgan fingerprint density at radius 3 is 2.70 bits per heavy atom. The van der Waals surface area contributed by atoms with Crippen molar-refractivity contribution in [2.24, 2.45) is 0 Å². The van der Waals surface area contributed by atoms with E-state index in [1.807, 2.05) is 19.1 Å². The summed E-state index contributed by atoms with van der Waals surface area (Å²) in [6, 6.07) is 9.10. The van der Waals surface area contributed by atoms with Crippen molar-refractivity contribution in [2.45, 2.75) is 20.4 Å². The molecule has 0 aliphatic heterocycles. The predicted octanol–water partition coefficient (Wildman–Crippen LogP) is 4.60. The van der Waals surface area contributed by atoms with Gasteiger partial charge in [0.25, 0.3) is 0 Å². The Morgan fingerprint density at radius 1 is 1.20 bits per heavy atom. The average Bonchev–Trinajstić information content (AvgIpc) is 2.43. The number of ether oxygens (including phenoxy) is 1. The first kappa shape index (κ1) is 15.1. The highest BCUT2D eigenvalue weighted by Gasteiger charge is 2.08. The Bertz CT molecular complexity index is 602. The zero-order chi connectivity index (χ0) is 14.5. The molecule has 0 saturated carbocycles. The number of pyridine rings is 1. The lowest BCUT2D eigenvalue weighted by Crippen LogP contribution is -2.13. The van der Waals surface area contributed by atoms with Crippen LogP contribution in [0.15, 0.2) is 30.3 Å². The topological polar surface area (TPSA) is 34.1 Å². The molecule has 1 heterocycles. The minimum atomic E-state index is 0.394. The quantitative estimate of drug-likeness (QED) is 0.876. The molecular formula is C15H16Cl2N2O. The van der Waals surface area contributed by atoms with Crippen molar-refractivity contribution in [1.82, 2.24) is 10.3 Å². The molecule has 20 heavy (non-hydrogen) atoms. The number of rotatable bonds is 5. The van der Waals surface area contributed by atoms with Crippen LogP contribution in [0.25, 0.3) is 0 Å². The van der Waals surface area contributed by atoms with E-state index >= 15 is 0 Å². The van der Waals surface area contributed by atoms with E-state index < -0.39 is 0 Å². The van der Waals surface area contributed by atoms with Crippen molar-refractivity contribution >= 4 is 23.2 Å². The fourth-order valence-corrected chi connectivity index (χ4v) is 2.08. The van der Waals surface area contributed by atoms with E-state index in [1.54, 1.807) is 18.2 Å². The van der Waals surface area contributed by atoms with Gasteiger partial charge in [0.1, 0.15) is 10.8 Å². The van der Waals surface area contributed by atoms with Crippen molar-refractivity contribution in [3.63, 3.8) is 0 Å². The fraction of sp³-hybridized carbons (Fsp3) is 0.267. The first-order chi connectivity index (χ1) is 9.61. The van der Waals surface area contributed by atoms with Gasteiger partial charge in [0.05, 0.1) is 5.02 Å².